The molecule has 0 aromatic rings. The summed E-state index contributed by atoms with van der Waals surface area (Å²) in [6, 6.07) is 0.654. The smallest absolute Gasteiger partial charge is 0.308 e. The summed E-state index contributed by atoms with van der Waals surface area (Å²) in [5.41, 5.74) is 0. The predicted molar refractivity (Wildman–Crippen MR) is 217 cm³/mol. The van der Waals surface area contributed by atoms with Gasteiger partial charge in [0.15, 0.2) is 0 Å². The van der Waals surface area contributed by atoms with E-state index in [2.05, 4.69) is 39.5 Å². The Morgan fingerprint density at radius 1 is 0.460 bits per heavy atom. The first-order chi connectivity index (χ1) is 24.5. The number of esters is 2. The minimum absolute atomic E-state index is 0.00490. The average Bonchev–Trinajstić information content (AvgIpc) is 3.11. The van der Waals surface area contributed by atoms with Crippen molar-refractivity contribution in [1.82, 2.24) is 4.90 Å². The van der Waals surface area contributed by atoms with Crippen LogP contribution in [0.3, 0.4) is 0 Å². The molecule has 5 nitrogen and oxygen atoms in total. The lowest BCUT2D eigenvalue weighted by atomic mass is 9.94. The van der Waals surface area contributed by atoms with Gasteiger partial charge in [-0.15, -0.1) is 0 Å². The first-order valence-corrected chi connectivity index (χ1v) is 22.6. The molecule has 0 saturated carbocycles. The molecule has 0 rings (SSSR count). The maximum Gasteiger partial charge on any atom is 0.308 e. The number of rotatable bonds is 40. The SMILES string of the molecule is CCCCCCCCC(CCCCCCCC)C(=O)OCCCCCCCN(CC)C(C)CCCCCCCCOC(=O)CCCCCCC. The van der Waals surface area contributed by atoms with Crippen LogP contribution in [-0.2, 0) is 19.1 Å². The van der Waals surface area contributed by atoms with E-state index in [1.54, 1.807) is 0 Å². The third-order valence-corrected chi connectivity index (χ3v) is 10.8. The summed E-state index contributed by atoms with van der Waals surface area (Å²) in [5, 5.41) is 0. The van der Waals surface area contributed by atoms with Crippen molar-refractivity contribution >= 4 is 11.9 Å². The fourth-order valence-electron chi connectivity index (χ4n) is 7.21. The van der Waals surface area contributed by atoms with E-state index in [0.717, 1.165) is 51.5 Å². The molecule has 1 unspecified atom stereocenters. The number of ether oxygens (including phenoxy) is 2. The molecule has 0 aromatic carbocycles. The second-order valence-electron chi connectivity index (χ2n) is 15.5. The molecule has 0 N–H and O–H groups in total. The van der Waals surface area contributed by atoms with Gasteiger partial charge < -0.3 is 14.4 Å². The van der Waals surface area contributed by atoms with Crippen molar-refractivity contribution < 1.29 is 19.1 Å². The van der Waals surface area contributed by atoms with E-state index >= 15 is 0 Å². The quantitative estimate of drug-likeness (QED) is 0.0469. The molecule has 0 aliphatic heterocycles. The van der Waals surface area contributed by atoms with Gasteiger partial charge in [-0.1, -0.05) is 182 Å². The largest absolute Gasteiger partial charge is 0.466 e. The van der Waals surface area contributed by atoms with Crippen molar-refractivity contribution in [1.29, 1.82) is 0 Å². The van der Waals surface area contributed by atoms with Gasteiger partial charge >= 0.3 is 11.9 Å². The molecule has 50 heavy (non-hydrogen) atoms. The molecule has 0 fully saturated rings. The van der Waals surface area contributed by atoms with Gasteiger partial charge in [-0.2, -0.15) is 0 Å². The highest BCUT2D eigenvalue weighted by Crippen LogP contribution is 2.21. The normalized spacial score (nSPS) is 12.2. The van der Waals surface area contributed by atoms with Gasteiger partial charge in [-0.3, -0.25) is 9.59 Å². The van der Waals surface area contributed by atoms with Gasteiger partial charge in [0.1, 0.15) is 0 Å². The first-order valence-electron chi connectivity index (χ1n) is 22.6. The molecule has 298 valence electrons. The Morgan fingerprint density at radius 3 is 1.36 bits per heavy atom. The molecule has 0 radical (unpaired) electrons. The van der Waals surface area contributed by atoms with Crippen molar-refractivity contribution in [2.75, 3.05) is 26.3 Å². The monoisotopic (exact) mass is 708 g/mol. The first kappa shape index (κ1) is 48.9. The number of nitrogens with zero attached hydrogens (tertiary/aromatic N) is 1. The molecular formula is C45H89NO4. The number of carbonyl (C=O) groups is 2. The standard InChI is InChI=1S/C45H89NO4/c1-6-10-13-16-23-29-36-43(37-30-24-17-14-11-7-2)45(48)50-41-34-27-20-25-32-39-46(9-4)42(5)35-28-22-18-19-26-33-40-49-44(47)38-31-21-15-12-8-3/h42-43H,6-41H2,1-5H3. The number of hydrogen-bond donors (Lipinski definition) is 0. The van der Waals surface area contributed by atoms with Gasteiger partial charge in [0.05, 0.1) is 19.1 Å². The molecule has 0 spiro atoms. The zero-order valence-corrected chi connectivity index (χ0v) is 34.7. The fourth-order valence-corrected chi connectivity index (χ4v) is 7.21. The second kappa shape index (κ2) is 39.1. The van der Waals surface area contributed by atoms with Crippen LogP contribution in [0.25, 0.3) is 0 Å². The van der Waals surface area contributed by atoms with Crippen molar-refractivity contribution in [3.8, 4) is 0 Å². The van der Waals surface area contributed by atoms with Gasteiger partial charge in [0, 0.05) is 12.5 Å². The molecule has 5 heteroatoms. The molecule has 1 atom stereocenters. The van der Waals surface area contributed by atoms with Gasteiger partial charge in [0.2, 0.25) is 0 Å². The minimum atomic E-state index is -0.00490. The summed E-state index contributed by atoms with van der Waals surface area (Å²) in [6.45, 7) is 15.0. The van der Waals surface area contributed by atoms with Crippen LogP contribution in [0.15, 0.2) is 0 Å². The molecule has 0 saturated heterocycles. The van der Waals surface area contributed by atoms with E-state index in [1.807, 2.05) is 0 Å². The Morgan fingerprint density at radius 2 is 0.860 bits per heavy atom. The van der Waals surface area contributed by atoms with Crippen LogP contribution in [0.4, 0.5) is 0 Å². The van der Waals surface area contributed by atoms with Crippen molar-refractivity contribution in [2.45, 2.75) is 246 Å². The minimum Gasteiger partial charge on any atom is -0.466 e. The maximum absolute atomic E-state index is 13.0. The third kappa shape index (κ3) is 32.8. The van der Waals surface area contributed by atoms with Crippen molar-refractivity contribution in [2.24, 2.45) is 5.92 Å². The lowest BCUT2D eigenvalue weighted by molar-refractivity contribution is -0.149. The highest BCUT2D eigenvalue weighted by atomic mass is 16.5. The number of unbranched alkanes of at least 4 members (excludes halogenated alkanes) is 23. The lowest BCUT2D eigenvalue weighted by Gasteiger charge is -2.28. The average molecular weight is 708 g/mol. The van der Waals surface area contributed by atoms with Gasteiger partial charge in [-0.05, 0) is 65.0 Å². The maximum atomic E-state index is 13.0. The number of carbonyl (C=O) groups excluding carboxylic acids is 2. The van der Waals surface area contributed by atoms with Crippen LogP contribution >= 0.6 is 0 Å². The van der Waals surface area contributed by atoms with Crippen LogP contribution in [0.5, 0.6) is 0 Å². The van der Waals surface area contributed by atoms with E-state index in [1.165, 1.54) is 161 Å². The lowest BCUT2D eigenvalue weighted by Crippen LogP contribution is -2.33. The Labute approximate surface area is 313 Å². The zero-order chi connectivity index (χ0) is 36.8. The van der Waals surface area contributed by atoms with Crippen LogP contribution in [0, 0.1) is 5.92 Å². The van der Waals surface area contributed by atoms with E-state index in [-0.39, 0.29) is 17.9 Å². The Kier molecular flexibility index (Phi) is 38.3. The number of hydrogen-bond acceptors (Lipinski definition) is 5. The third-order valence-electron chi connectivity index (χ3n) is 10.8. The predicted octanol–water partition coefficient (Wildman–Crippen LogP) is 13.9. The fraction of sp³-hybridized carbons (Fsp3) is 0.956. The van der Waals surface area contributed by atoms with Crippen LogP contribution in [0.1, 0.15) is 240 Å². The van der Waals surface area contributed by atoms with E-state index < -0.39 is 0 Å². The summed E-state index contributed by atoms with van der Waals surface area (Å²) in [7, 11) is 0. The summed E-state index contributed by atoms with van der Waals surface area (Å²) in [6.07, 6.45) is 38.5. The van der Waals surface area contributed by atoms with Crippen LogP contribution in [-0.4, -0.2) is 49.2 Å². The topological polar surface area (TPSA) is 55.8 Å². The van der Waals surface area contributed by atoms with Crippen LogP contribution < -0.4 is 0 Å². The van der Waals surface area contributed by atoms with Crippen molar-refractivity contribution in [3.63, 3.8) is 0 Å². The Balaban J connectivity index is 3.93. The van der Waals surface area contributed by atoms with Crippen molar-refractivity contribution in [3.05, 3.63) is 0 Å². The van der Waals surface area contributed by atoms with E-state index in [0.29, 0.717) is 25.7 Å². The molecular weight excluding hydrogens is 618 g/mol. The molecule has 0 aliphatic rings. The summed E-state index contributed by atoms with van der Waals surface area (Å²) in [4.78, 5) is 27.5. The Hall–Kier alpha value is -1.10. The van der Waals surface area contributed by atoms with Gasteiger partial charge in [0.25, 0.3) is 0 Å². The van der Waals surface area contributed by atoms with E-state index in [4.69, 9.17) is 9.47 Å². The molecule has 0 bridgehead atoms. The molecule has 0 amide bonds. The molecule has 0 aliphatic carbocycles. The molecule has 0 aromatic heterocycles. The summed E-state index contributed by atoms with van der Waals surface area (Å²) in [5.74, 6) is 0.197. The molecule has 0 heterocycles. The highest BCUT2D eigenvalue weighted by Gasteiger charge is 2.19. The van der Waals surface area contributed by atoms with Gasteiger partial charge in [-0.25, -0.2) is 0 Å². The van der Waals surface area contributed by atoms with E-state index in [9.17, 15) is 9.59 Å². The zero-order valence-electron chi connectivity index (χ0n) is 34.7. The summed E-state index contributed by atoms with van der Waals surface area (Å²) >= 11 is 0. The van der Waals surface area contributed by atoms with Crippen LogP contribution in [0.2, 0.25) is 0 Å². The summed E-state index contributed by atoms with van der Waals surface area (Å²) < 4.78 is 11.2. The second-order valence-corrected chi connectivity index (χ2v) is 15.5. The Bertz CT molecular complexity index is 697. The highest BCUT2D eigenvalue weighted by molar-refractivity contribution is 5.72.